The van der Waals surface area contributed by atoms with E-state index in [1.165, 1.54) is 22.5 Å². The van der Waals surface area contributed by atoms with Crippen LogP contribution in [0.2, 0.25) is 5.02 Å². The molecule has 116 valence electrons. The lowest BCUT2D eigenvalue weighted by Gasteiger charge is -2.30. The maximum atomic E-state index is 12.6. The third-order valence-corrected chi connectivity index (χ3v) is 6.03. The standard InChI is InChI=1S/C13H18ClN3O3S/c1-16-13(18)9-4-6-17(7-5-9)21(19,20)12-3-2-10(15)8-11(12)14/h2-3,8-9H,4-7,15H2,1H3,(H,16,18). The summed E-state index contributed by atoms with van der Waals surface area (Å²) in [6, 6.07) is 4.35. The fourth-order valence-corrected chi connectivity index (χ4v) is 4.42. The molecule has 8 heteroatoms. The van der Waals surface area contributed by atoms with Crippen molar-refractivity contribution in [1.29, 1.82) is 0 Å². The lowest BCUT2D eigenvalue weighted by atomic mass is 9.97. The maximum Gasteiger partial charge on any atom is 0.244 e. The monoisotopic (exact) mass is 331 g/mol. The van der Waals surface area contributed by atoms with Crippen LogP contribution in [0.1, 0.15) is 12.8 Å². The number of nitrogen functional groups attached to an aromatic ring is 1. The Bertz CT molecular complexity index is 640. The summed E-state index contributed by atoms with van der Waals surface area (Å²) in [7, 11) is -2.07. The minimum absolute atomic E-state index is 0.0439. The summed E-state index contributed by atoms with van der Waals surface area (Å²) in [6.45, 7) is 0.613. The van der Waals surface area contributed by atoms with Gasteiger partial charge in [0.25, 0.3) is 0 Å². The number of nitrogens with two attached hydrogens (primary N) is 1. The van der Waals surface area contributed by atoms with Crippen molar-refractivity contribution in [2.75, 3.05) is 25.9 Å². The Morgan fingerprint density at radius 3 is 2.52 bits per heavy atom. The van der Waals surface area contributed by atoms with E-state index in [0.717, 1.165) is 0 Å². The molecule has 0 spiro atoms. The number of carbonyl (C=O) groups excluding carboxylic acids is 1. The van der Waals surface area contributed by atoms with Gasteiger partial charge in [-0.05, 0) is 31.0 Å². The summed E-state index contributed by atoms with van der Waals surface area (Å²) in [5.41, 5.74) is 5.99. The van der Waals surface area contributed by atoms with E-state index in [4.69, 9.17) is 17.3 Å². The second-order valence-corrected chi connectivity index (χ2v) is 7.30. The van der Waals surface area contributed by atoms with Gasteiger partial charge in [0.15, 0.2) is 0 Å². The van der Waals surface area contributed by atoms with E-state index in [1.807, 2.05) is 0 Å². The Labute approximate surface area is 129 Å². The van der Waals surface area contributed by atoms with E-state index in [0.29, 0.717) is 31.6 Å². The average molecular weight is 332 g/mol. The van der Waals surface area contributed by atoms with E-state index < -0.39 is 10.0 Å². The predicted octanol–water partition coefficient (Wildman–Crippen LogP) is 1.07. The molecule has 0 bridgehead atoms. The number of rotatable bonds is 3. The van der Waals surface area contributed by atoms with Crippen molar-refractivity contribution >= 4 is 33.2 Å². The third-order valence-electron chi connectivity index (χ3n) is 3.64. The zero-order chi connectivity index (χ0) is 15.6. The lowest BCUT2D eigenvalue weighted by molar-refractivity contribution is -0.125. The summed E-state index contributed by atoms with van der Waals surface area (Å²) >= 11 is 5.98. The molecule has 0 saturated carbocycles. The normalized spacial score (nSPS) is 17.6. The third kappa shape index (κ3) is 3.30. The first-order valence-electron chi connectivity index (χ1n) is 6.63. The van der Waals surface area contributed by atoms with Crippen LogP contribution in [0, 0.1) is 5.92 Å². The van der Waals surface area contributed by atoms with Crippen molar-refractivity contribution in [3.05, 3.63) is 23.2 Å². The number of anilines is 1. The van der Waals surface area contributed by atoms with Gasteiger partial charge in [-0.2, -0.15) is 4.31 Å². The molecule has 21 heavy (non-hydrogen) atoms. The predicted molar refractivity (Wildman–Crippen MR) is 81.4 cm³/mol. The summed E-state index contributed by atoms with van der Waals surface area (Å²) < 4.78 is 26.5. The van der Waals surface area contributed by atoms with E-state index >= 15 is 0 Å². The molecule has 1 amide bonds. The zero-order valence-electron chi connectivity index (χ0n) is 11.7. The topological polar surface area (TPSA) is 92.5 Å². The van der Waals surface area contributed by atoms with Gasteiger partial charge in [0, 0.05) is 31.7 Å². The quantitative estimate of drug-likeness (QED) is 0.810. The Kier molecular flexibility index (Phi) is 4.75. The molecule has 1 aliphatic rings. The van der Waals surface area contributed by atoms with Gasteiger partial charge in [-0.3, -0.25) is 4.79 Å². The number of hydrogen-bond acceptors (Lipinski definition) is 4. The molecule has 1 heterocycles. The maximum absolute atomic E-state index is 12.6. The first kappa shape index (κ1) is 16.1. The van der Waals surface area contributed by atoms with Gasteiger partial charge in [-0.1, -0.05) is 11.6 Å². The number of amides is 1. The van der Waals surface area contributed by atoms with Crippen molar-refractivity contribution < 1.29 is 13.2 Å². The van der Waals surface area contributed by atoms with Gasteiger partial charge in [-0.25, -0.2) is 8.42 Å². The summed E-state index contributed by atoms with van der Waals surface area (Å²) in [6.07, 6.45) is 1.01. The Hall–Kier alpha value is -1.31. The van der Waals surface area contributed by atoms with E-state index in [9.17, 15) is 13.2 Å². The van der Waals surface area contributed by atoms with Crippen molar-refractivity contribution in [1.82, 2.24) is 9.62 Å². The van der Waals surface area contributed by atoms with Crippen LogP contribution < -0.4 is 11.1 Å². The fraction of sp³-hybridized carbons (Fsp3) is 0.462. The molecule has 2 rings (SSSR count). The number of hydrogen-bond donors (Lipinski definition) is 2. The largest absolute Gasteiger partial charge is 0.399 e. The molecule has 1 aromatic carbocycles. The number of halogens is 1. The highest BCUT2D eigenvalue weighted by Gasteiger charge is 2.32. The summed E-state index contributed by atoms with van der Waals surface area (Å²) in [5, 5.41) is 2.71. The molecule has 0 aliphatic carbocycles. The van der Waals surface area contributed by atoms with Crippen LogP contribution in [0.3, 0.4) is 0 Å². The zero-order valence-corrected chi connectivity index (χ0v) is 13.2. The summed E-state index contributed by atoms with van der Waals surface area (Å²) in [4.78, 5) is 11.6. The Morgan fingerprint density at radius 2 is 2.00 bits per heavy atom. The molecule has 0 atom stereocenters. The smallest absolute Gasteiger partial charge is 0.244 e. The molecule has 3 N–H and O–H groups in total. The first-order valence-corrected chi connectivity index (χ1v) is 8.45. The van der Waals surface area contributed by atoms with E-state index in [1.54, 1.807) is 7.05 Å². The minimum Gasteiger partial charge on any atom is -0.399 e. The number of carbonyl (C=O) groups is 1. The highest BCUT2D eigenvalue weighted by Crippen LogP contribution is 2.29. The van der Waals surface area contributed by atoms with Crippen LogP contribution in [0.4, 0.5) is 5.69 Å². The first-order chi connectivity index (χ1) is 9.86. The van der Waals surface area contributed by atoms with Crippen LogP contribution >= 0.6 is 11.6 Å². The van der Waals surface area contributed by atoms with Crippen LogP contribution in [-0.2, 0) is 14.8 Å². The van der Waals surface area contributed by atoms with Gasteiger partial charge >= 0.3 is 0 Å². The van der Waals surface area contributed by atoms with Gasteiger partial charge in [0.1, 0.15) is 4.90 Å². The van der Waals surface area contributed by atoms with Crippen molar-refractivity contribution in [3.8, 4) is 0 Å². The number of benzene rings is 1. The molecule has 1 aromatic rings. The number of nitrogens with one attached hydrogen (secondary N) is 1. The fourth-order valence-electron chi connectivity index (χ4n) is 2.43. The Balaban J connectivity index is 2.17. The molecular weight excluding hydrogens is 314 g/mol. The number of sulfonamides is 1. The minimum atomic E-state index is -3.65. The van der Waals surface area contributed by atoms with Gasteiger partial charge in [0.05, 0.1) is 5.02 Å². The summed E-state index contributed by atoms with van der Waals surface area (Å²) in [5.74, 6) is -0.180. The number of piperidine rings is 1. The molecule has 6 nitrogen and oxygen atoms in total. The molecule has 0 unspecified atom stereocenters. The molecular formula is C13H18ClN3O3S. The van der Waals surface area contributed by atoms with Gasteiger partial charge in [-0.15, -0.1) is 0 Å². The van der Waals surface area contributed by atoms with Gasteiger partial charge < -0.3 is 11.1 Å². The van der Waals surface area contributed by atoms with E-state index in [2.05, 4.69) is 5.32 Å². The molecule has 0 radical (unpaired) electrons. The SMILES string of the molecule is CNC(=O)C1CCN(S(=O)(=O)c2ccc(N)cc2Cl)CC1. The van der Waals surface area contributed by atoms with Crippen LogP contribution in [0.15, 0.2) is 23.1 Å². The highest BCUT2D eigenvalue weighted by molar-refractivity contribution is 7.89. The average Bonchev–Trinajstić information content (AvgIpc) is 2.46. The van der Waals surface area contributed by atoms with Crippen molar-refractivity contribution in [3.63, 3.8) is 0 Å². The molecule has 0 aromatic heterocycles. The van der Waals surface area contributed by atoms with Crippen LogP contribution in [0.5, 0.6) is 0 Å². The number of nitrogens with zero attached hydrogens (tertiary/aromatic N) is 1. The molecule has 1 saturated heterocycles. The second kappa shape index (κ2) is 6.21. The molecule has 1 fully saturated rings. The van der Waals surface area contributed by atoms with Crippen molar-refractivity contribution in [2.45, 2.75) is 17.7 Å². The van der Waals surface area contributed by atoms with Crippen LogP contribution in [0.25, 0.3) is 0 Å². The lowest BCUT2D eigenvalue weighted by Crippen LogP contribution is -2.42. The van der Waals surface area contributed by atoms with Crippen molar-refractivity contribution in [2.24, 2.45) is 5.92 Å². The van der Waals surface area contributed by atoms with Crippen LogP contribution in [-0.4, -0.2) is 38.8 Å². The molecule has 1 aliphatic heterocycles. The van der Waals surface area contributed by atoms with E-state index in [-0.39, 0.29) is 21.7 Å². The highest BCUT2D eigenvalue weighted by atomic mass is 35.5. The second-order valence-electron chi connectivity index (χ2n) is 4.98. The Morgan fingerprint density at radius 1 is 1.38 bits per heavy atom. The van der Waals surface area contributed by atoms with Gasteiger partial charge in [0.2, 0.25) is 15.9 Å².